The van der Waals surface area contributed by atoms with E-state index in [9.17, 15) is 8.78 Å². The first-order chi connectivity index (χ1) is 7.04. The summed E-state index contributed by atoms with van der Waals surface area (Å²) in [7, 11) is -3.33. The molecule has 15 heavy (non-hydrogen) atoms. The number of allylic oxidation sites excluding steroid dienone is 1. The number of hydrogen-bond donors (Lipinski definition) is 0. The van der Waals surface area contributed by atoms with Crippen LogP contribution in [-0.2, 0) is 13.3 Å². The van der Waals surface area contributed by atoms with Crippen molar-refractivity contribution in [2.75, 3.05) is 19.8 Å². The van der Waals surface area contributed by atoms with Crippen LogP contribution in [0.4, 0.5) is 8.78 Å². The second-order valence-corrected chi connectivity index (χ2v) is 5.47. The Hall–Kier alpha value is -0.303. The first kappa shape index (κ1) is 14.7. The predicted octanol–water partition coefficient (Wildman–Crippen LogP) is 2.74. The smallest absolute Gasteiger partial charge is 0.370 e. The van der Waals surface area contributed by atoms with Gasteiger partial charge in [-0.1, -0.05) is 0 Å². The molecule has 0 bridgehead atoms. The van der Waals surface area contributed by atoms with E-state index >= 15 is 0 Å². The fourth-order valence-electron chi connectivity index (χ4n) is 1.14. The fraction of sp³-hybridized carbons (Fsp3) is 0.778. The predicted molar refractivity (Wildman–Crippen MR) is 55.5 cm³/mol. The van der Waals surface area contributed by atoms with Crippen LogP contribution in [0.2, 0.25) is 0 Å². The van der Waals surface area contributed by atoms with E-state index in [0.717, 1.165) is 0 Å². The quantitative estimate of drug-likeness (QED) is 0.640. The van der Waals surface area contributed by atoms with E-state index in [2.05, 4.69) is 0 Å². The van der Waals surface area contributed by atoms with Gasteiger partial charge in [0.25, 0.3) is 6.08 Å². The summed E-state index contributed by atoms with van der Waals surface area (Å²) in [6, 6.07) is 0. The van der Waals surface area contributed by atoms with Crippen molar-refractivity contribution in [2.24, 2.45) is 0 Å². The molecule has 0 amide bonds. The fourth-order valence-corrected chi connectivity index (χ4v) is 3.41. The second-order valence-electron chi connectivity index (χ2n) is 2.74. The van der Waals surface area contributed by atoms with Gasteiger partial charge < -0.3 is 13.3 Å². The second kappa shape index (κ2) is 7.05. The molecule has 0 spiro atoms. The third-order valence-corrected chi connectivity index (χ3v) is 4.86. The lowest BCUT2D eigenvalue weighted by Gasteiger charge is -2.28. The van der Waals surface area contributed by atoms with E-state index in [4.69, 9.17) is 13.3 Å². The molecule has 0 aromatic heterocycles. The zero-order valence-electron chi connectivity index (χ0n) is 9.60. The van der Waals surface area contributed by atoms with Gasteiger partial charge in [0.2, 0.25) is 0 Å². The molecule has 0 unspecified atom stereocenters. The highest BCUT2D eigenvalue weighted by Gasteiger charge is 2.45. The van der Waals surface area contributed by atoms with Crippen molar-refractivity contribution < 1.29 is 22.1 Å². The lowest BCUT2D eigenvalue weighted by molar-refractivity contribution is 0.0791. The molecular weight excluding hydrogens is 222 g/mol. The molecule has 3 nitrogen and oxygen atoms in total. The summed E-state index contributed by atoms with van der Waals surface area (Å²) in [5.41, 5.74) is 0. The Morgan fingerprint density at radius 3 is 1.47 bits per heavy atom. The third kappa shape index (κ3) is 3.98. The molecule has 0 atom stereocenters. The highest BCUT2D eigenvalue weighted by molar-refractivity contribution is 6.68. The molecule has 90 valence electrons. The van der Waals surface area contributed by atoms with Gasteiger partial charge >= 0.3 is 8.80 Å². The van der Waals surface area contributed by atoms with Crippen LogP contribution in [0, 0.1) is 0 Å². The summed E-state index contributed by atoms with van der Waals surface area (Å²) in [5.74, 6) is 0. The topological polar surface area (TPSA) is 27.7 Å². The van der Waals surface area contributed by atoms with Crippen molar-refractivity contribution in [2.45, 2.75) is 27.7 Å². The number of hydrogen-bond acceptors (Lipinski definition) is 3. The molecule has 0 saturated heterocycles. The summed E-state index contributed by atoms with van der Waals surface area (Å²) in [4.78, 5) is 0. The monoisotopic (exact) mass is 240 g/mol. The van der Waals surface area contributed by atoms with Gasteiger partial charge in [-0.2, -0.15) is 8.78 Å². The highest BCUT2D eigenvalue weighted by atomic mass is 28.4. The van der Waals surface area contributed by atoms with E-state index in [1.54, 1.807) is 20.8 Å². The van der Waals surface area contributed by atoms with Crippen molar-refractivity contribution in [1.82, 2.24) is 0 Å². The van der Waals surface area contributed by atoms with Gasteiger partial charge in [-0.15, -0.1) is 0 Å². The Bertz CT molecular complexity index is 200. The Labute approximate surface area is 90.4 Å². The molecule has 0 aliphatic carbocycles. The molecule has 0 rings (SSSR count). The average molecular weight is 240 g/mol. The Kier molecular flexibility index (Phi) is 6.91. The van der Waals surface area contributed by atoms with Crippen molar-refractivity contribution in [3.63, 3.8) is 0 Å². The zero-order chi connectivity index (χ0) is 11.9. The summed E-state index contributed by atoms with van der Waals surface area (Å²) in [6.07, 6.45) is -1.78. The summed E-state index contributed by atoms with van der Waals surface area (Å²) in [6.45, 7) is 7.34. The molecule has 0 radical (unpaired) electrons. The Balaban J connectivity index is 5.00. The summed E-state index contributed by atoms with van der Waals surface area (Å²) < 4.78 is 41.0. The van der Waals surface area contributed by atoms with Crippen LogP contribution >= 0.6 is 0 Å². The highest BCUT2D eigenvalue weighted by Crippen LogP contribution is 2.24. The van der Waals surface area contributed by atoms with Crippen LogP contribution in [0.25, 0.3) is 0 Å². The van der Waals surface area contributed by atoms with Crippen LogP contribution in [0.3, 0.4) is 0 Å². The van der Waals surface area contributed by atoms with Gasteiger partial charge in [0.1, 0.15) is 0 Å². The molecular formula is C9H18F2O3Si. The van der Waals surface area contributed by atoms with Crippen LogP contribution in [-0.4, -0.2) is 28.6 Å². The molecule has 6 heteroatoms. The van der Waals surface area contributed by atoms with Crippen molar-refractivity contribution in [1.29, 1.82) is 0 Å². The lowest BCUT2D eigenvalue weighted by Crippen LogP contribution is -2.48. The maximum atomic E-state index is 12.6. The maximum Gasteiger partial charge on any atom is 0.538 e. The van der Waals surface area contributed by atoms with Gasteiger partial charge in [-0.25, -0.2) is 0 Å². The molecule has 0 heterocycles. The SMILES string of the molecule is CCO[Si](OCC)(OCC)C(C)=C(F)F. The Morgan fingerprint density at radius 1 is 0.933 bits per heavy atom. The molecule has 0 aromatic carbocycles. The first-order valence-corrected chi connectivity index (χ1v) is 6.70. The summed E-state index contributed by atoms with van der Waals surface area (Å²) in [5, 5.41) is -0.201. The van der Waals surface area contributed by atoms with Crippen molar-refractivity contribution >= 4 is 8.80 Å². The van der Waals surface area contributed by atoms with Crippen LogP contribution in [0.5, 0.6) is 0 Å². The van der Waals surface area contributed by atoms with Gasteiger partial charge in [0, 0.05) is 19.8 Å². The average Bonchev–Trinajstić information content (AvgIpc) is 2.17. The van der Waals surface area contributed by atoms with Crippen LogP contribution in [0.1, 0.15) is 27.7 Å². The van der Waals surface area contributed by atoms with E-state index in [0.29, 0.717) is 0 Å². The standard InChI is InChI=1S/C9H18F2O3Si/c1-5-12-15(13-6-2,14-7-3)8(4)9(10)11/h5-7H2,1-4H3. The van der Waals surface area contributed by atoms with Gasteiger partial charge in [0.05, 0.1) is 5.20 Å². The maximum absolute atomic E-state index is 12.6. The minimum absolute atomic E-state index is 0.201. The third-order valence-electron chi connectivity index (χ3n) is 1.75. The Morgan fingerprint density at radius 2 is 1.27 bits per heavy atom. The van der Waals surface area contributed by atoms with Crippen molar-refractivity contribution in [3.05, 3.63) is 11.3 Å². The van der Waals surface area contributed by atoms with E-state index < -0.39 is 14.9 Å². The molecule has 0 saturated carbocycles. The molecule has 0 aliphatic rings. The van der Waals surface area contributed by atoms with Gasteiger partial charge in [-0.05, 0) is 27.7 Å². The molecule has 0 aromatic rings. The minimum atomic E-state index is -3.33. The van der Waals surface area contributed by atoms with E-state index in [1.165, 1.54) is 6.92 Å². The normalized spacial score (nSPS) is 11.6. The largest absolute Gasteiger partial charge is 0.538 e. The number of rotatable bonds is 7. The molecule has 0 N–H and O–H groups in total. The van der Waals surface area contributed by atoms with Crippen molar-refractivity contribution in [3.8, 4) is 0 Å². The van der Waals surface area contributed by atoms with Gasteiger partial charge in [-0.3, -0.25) is 0 Å². The molecule has 0 aliphatic heterocycles. The van der Waals surface area contributed by atoms with E-state index in [-0.39, 0.29) is 25.0 Å². The lowest BCUT2D eigenvalue weighted by atomic mass is 10.7. The van der Waals surface area contributed by atoms with Gasteiger partial charge in [0.15, 0.2) is 0 Å². The van der Waals surface area contributed by atoms with Crippen LogP contribution in [0.15, 0.2) is 11.3 Å². The summed E-state index contributed by atoms with van der Waals surface area (Å²) >= 11 is 0. The zero-order valence-corrected chi connectivity index (χ0v) is 10.6. The molecule has 0 fully saturated rings. The van der Waals surface area contributed by atoms with E-state index in [1.807, 2.05) is 0 Å². The van der Waals surface area contributed by atoms with Crippen LogP contribution < -0.4 is 0 Å². The first-order valence-electron chi connectivity index (χ1n) is 4.98. The number of halogens is 2. The minimum Gasteiger partial charge on any atom is -0.370 e.